The van der Waals surface area contributed by atoms with E-state index in [4.69, 9.17) is 15.2 Å². The van der Waals surface area contributed by atoms with E-state index < -0.39 is 4.75 Å². The number of carbonyl (C=O) groups excluding carboxylic acids is 1. The molecular weight excluding hydrogens is 384 g/mol. The minimum atomic E-state index is -0.520. The molecule has 1 amide bonds. The summed E-state index contributed by atoms with van der Waals surface area (Å²) in [5.74, 6) is 0.382. The molecule has 2 rings (SSSR count). The number of ether oxygens (including phenoxy) is 2. The molecule has 1 heterocycles. The van der Waals surface area contributed by atoms with E-state index in [0.29, 0.717) is 19.1 Å². The Morgan fingerprint density at radius 2 is 2.10 bits per heavy atom. The minimum absolute atomic E-state index is 0.206. The quantitative estimate of drug-likeness (QED) is 0.289. The van der Waals surface area contributed by atoms with E-state index in [1.165, 1.54) is 5.57 Å². The highest BCUT2D eigenvalue weighted by molar-refractivity contribution is 7.99. The Labute approximate surface area is 180 Å². The molecule has 0 aromatic heterocycles. The lowest BCUT2D eigenvalue weighted by molar-refractivity contribution is -0.120. The summed E-state index contributed by atoms with van der Waals surface area (Å²) in [6.07, 6.45) is 17.5. The van der Waals surface area contributed by atoms with Gasteiger partial charge in [0.1, 0.15) is 4.75 Å². The van der Waals surface area contributed by atoms with Crippen molar-refractivity contribution in [2.24, 2.45) is 11.7 Å². The molecule has 1 saturated heterocycles. The van der Waals surface area contributed by atoms with Crippen LogP contribution in [-0.4, -0.2) is 55.0 Å². The van der Waals surface area contributed by atoms with Crippen LogP contribution in [0.5, 0.6) is 0 Å². The summed E-state index contributed by atoms with van der Waals surface area (Å²) in [5.41, 5.74) is 7.13. The van der Waals surface area contributed by atoms with Gasteiger partial charge in [-0.2, -0.15) is 0 Å². The van der Waals surface area contributed by atoms with Gasteiger partial charge < -0.3 is 15.2 Å². The Balaban J connectivity index is 1.74. The van der Waals surface area contributed by atoms with Crippen molar-refractivity contribution in [1.82, 2.24) is 4.31 Å². The van der Waals surface area contributed by atoms with E-state index >= 15 is 0 Å². The molecule has 0 bridgehead atoms. The molecule has 5 nitrogen and oxygen atoms in total. The fourth-order valence-corrected chi connectivity index (χ4v) is 5.11. The van der Waals surface area contributed by atoms with Crippen molar-refractivity contribution in [2.75, 3.05) is 40.0 Å². The second kappa shape index (κ2) is 13.3. The van der Waals surface area contributed by atoms with E-state index in [-0.39, 0.29) is 5.91 Å². The van der Waals surface area contributed by atoms with Gasteiger partial charge in [0.05, 0.1) is 6.61 Å². The second-order valence-electron chi connectivity index (χ2n) is 7.95. The van der Waals surface area contributed by atoms with Crippen LogP contribution in [0.3, 0.4) is 0 Å². The average molecular weight is 423 g/mol. The monoisotopic (exact) mass is 422 g/mol. The van der Waals surface area contributed by atoms with Crippen LogP contribution < -0.4 is 5.73 Å². The van der Waals surface area contributed by atoms with Gasteiger partial charge in [-0.05, 0) is 56.4 Å². The normalized spacial score (nSPS) is 23.6. The first-order valence-electron chi connectivity index (χ1n) is 10.9. The zero-order valence-electron chi connectivity index (χ0n) is 18.1. The number of primary amides is 1. The first-order chi connectivity index (χ1) is 14.1. The molecule has 1 fully saturated rings. The second-order valence-corrected chi connectivity index (χ2v) is 9.43. The summed E-state index contributed by atoms with van der Waals surface area (Å²) in [4.78, 5) is 12.2. The van der Waals surface area contributed by atoms with Crippen molar-refractivity contribution in [3.05, 3.63) is 36.0 Å². The molecule has 1 aliphatic carbocycles. The van der Waals surface area contributed by atoms with Crippen LogP contribution in [-0.2, 0) is 14.3 Å². The SMILES string of the molecule is CCC(CCCOC)(SN1CCC(COC/C2=C/C=CC/C=C\C2)CC1)C(N)=O. The Morgan fingerprint density at radius 3 is 2.79 bits per heavy atom. The van der Waals surface area contributed by atoms with Gasteiger partial charge in [0.25, 0.3) is 0 Å². The lowest BCUT2D eigenvalue weighted by atomic mass is 9.98. The van der Waals surface area contributed by atoms with E-state index in [9.17, 15) is 4.79 Å². The highest BCUT2D eigenvalue weighted by atomic mass is 32.2. The smallest absolute Gasteiger partial charge is 0.234 e. The Bertz CT molecular complexity index is 583. The third-order valence-corrected chi connectivity index (χ3v) is 7.42. The Hall–Kier alpha value is -1.08. The maximum absolute atomic E-state index is 12.2. The molecule has 0 spiro atoms. The summed E-state index contributed by atoms with van der Waals surface area (Å²) in [5, 5.41) is 0. The number of hydrogen-bond donors (Lipinski definition) is 1. The third-order valence-electron chi connectivity index (χ3n) is 5.75. The Morgan fingerprint density at radius 1 is 1.31 bits per heavy atom. The molecule has 6 heteroatoms. The maximum Gasteiger partial charge on any atom is 0.234 e. The first kappa shape index (κ1) is 24.2. The lowest BCUT2D eigenvalue weighted by Gasteiger charge is -2.38. The van der Waals surface area contributed by atoms with Crippen molar-refractivity contribution in [3.63, 3.8) is 0 Å². The van der Waals surface area contributed by atoms with Crippen molar-refractivity contribution < 1.29 is 14.3 Å². The van der Waals surface area contributed by atoms with Crippen molar-refractivity contribution in [3.8, 4) is 0 Å². The predicted molar refractivity (Wildman–Crippen MR) is 122 cm³/mol. The zero-order valence-corrected chi connectivity index (χ0v) is 18.9. The minimum Gasteiger partial charge on any atom is -0.385 e. The van der Waals surface area contributed by atoms with Gasteiger partial charge >= 0.3 is 0 Å². The summed E-state index contributed by atoms with van der Waals surface area (Å²) >= 11 is 1.66. The van der Waals surface area contributed by atoms with Crippen LogP contribution in [0.25, 0.3) is 0 Å². The number of nitrogens with zero attached hydrogens (tertiary/aromatic N) is 1. The summed E-state index contributed by atoms with van der Waals surface area (Å²) in [6.45, 7) is 6.20. The van der Waals surface area contributed by atoms with Crippen LogP contribution in [0.15, 0.2) is 36.0 Å². The van der Waals surface area contributed by atoms with Crippen LogP contribution >= 0.6 is 11.9 Å². The van der Waals surface area contributed by atoms with Gasteiger partial charge in [0.15, 0.2) is 0 Å². The highest BCUT2D eigenvalue weighted by Gasteiger charge is 2.38. The van der Waals surface area contributed by atoms with E-state index in [2.05, 4.69) is 41.6 Å². The number of amides is 1. The number of rotatable bonds is 12. The molecule has 1 atom stereocenters. The van der Waals surface area contributed by atoms with Gasteiger partial charge in [0, 0.05) is 33.4 Å². The molecule has 2 aliphatic rings. The number of carbonyl (C=O) groups is 1. The summed E-state index contributed by atoms with van der Waals surface area (Å²) < 4.78 is 13.0. The maximum atomic E-state index is 12.2. The number of nitrogens with two attached hydrogens (primary N) is 1. The standard InChI is InChI=1S/C23H38N2O3S/c1-3-23(22(24)26,14-9-17-27-2)29-25-15-12-21(13-16-25)19-28-18-20-10-7-5-4-6-8-11-20/h5-8,10,21H,3-4,9,11-19H2,1-2H3,(H2,24,26)/b7-5?,8-6-,20-10+. The summed E-state index contributed by atoms with van der Waals surface area (Å²) in [6, 6.07) is 0. The molecule has 164 valence electrons. The fourth-order valence-electron chi connectivity index (χ4n) is 3.77. The average Bonchev–Trinajstić information content (AvgIpc) is 2.70. The van der Waals surface area contributed by atoms with Gasteiger partial charge in [-0.25, -0.2) is 4.31 Å². The third kappa shape index (κ3) is 8.28. The van der Waals surface area contributed by atoms with Crippen LogP contribution in [0, 0.1) is 5.92 Å². The molecule has 2 N–H and O–H groups in total. The molecular formula is C23H38N2O3S. The molecule has 0 saturated carbocycles. The molecule has 0 radical (unpaired) electrons. The van der Waals surface area contributed by atoms with Gasteiger partial charge in [-0.15, -0.1) is 0 Å². The summed E-state index contributed by atoms with van der Waals surface area (Å²) in [7, 11) is 1.69. The number of allylic oxidation sites excluding steroid dienone is 5. The van der Waals surface area contributed by atoms with Crippen LogP contribution in [0.2, 0.25) is 0 Å². The van der Waals surface area contributed by atoms with Gasteiger partial charge in [-0.1, -0.05) is 49.3 Å². The molecule has 0 aromatic carbocycles. The Kier molecular flexibility index (Phi) is 11.1. The van der Waals surface area contributed by atoms with Crippen molar-refractivity contribution in [2.45, 2.75) is 56.6 Å². The van der Waals surface area contributed by atoms with E-state index in [1.807, 2.05) is 0 Å². The van der Waals surface area contributed by atoms with Crippen LogP contribution in [0.4, 0.5) is 0 Å². The van der Waals surface area contributed by atoms with Crippen LogP contribution in [0.1, 0.15) is 51.9 Å². The van der Waals surface area contributed by atoms with E-state index in [1.54, 1.807) is 19.1 Å². The fraction of sp³-hybridized carbons (Fsp3) is 0.696. The predicted octanol–water partition coefficient (Wildman–Crippen LogP) is 4.26. The number of methoxy groups -OCH3 is 1. The molecule has 1 aliphatic heterocycles. The largest absolute Gasteiger partial charge is 0.385 e. The zero-order chi connectivity index (χ0) is 21.0. The van der Waals surface area contributed by atoms with Crippen molar-refractivity contribution >= 4 is 17.9 Å². The van der Waals surface area contributed by atoms with Gasteiger partial charge in [-0.3, -0.25) is 4.79 Å². The van der Waals surface area contributed by atoms with Crippen molar-refractivity contribution in [1.29, 1.82) is 0 Å². The highest BCUT2D eigenvalue weighted by Crippen LogP contribution is 2.38. The van der Waals surface area contributed by atoms with E-state index in [0.717, 1.165) is 64.6 Å². The molecule has 1 unspecified atom stereocenters. The lowest BCUT2D eigenvalue weighted by Crippen LogP contribution is -2.45. The van der Waals surface area contributed by atoms with Gasteiger partial charge in [0.2, 0.25) is 5.91 Å². The topological polar surface area (TPSA) is 64.8 Å². The molecule has 29 heavy (non-hydrogen) atoms. The number of hydrogen-bond acceptors (Lipinski definition) is 5. The molecule has 0 aromatic rings. The number of piperidine rings is 1. The first-order valence-corrected chi connectivity index (χ1v) is 11.7.